The summed E-state index contributed by atoms with van der Waals surface area (Å²) in [5.41, 5.74) is -0.212. The number of halogens is 1. The second kappa shape index (κ2) is 7.36. The Morgan fingerprint density at radius 1 is 1.48 bits per heavy atom. The molecule has 1 N–H and O–H groups in total. The number of likely N-dealkylation sites (tertiary alicyclic amines) is 1. The maximum Gasteiger partial charge on any atom is 0.327 e. The molecule has 1 heterocycles. The fourth-order valence-electron chi connectivity index (χ4n) is 2.84. The van der Waals surface area contributed by atoms with Gasteiger partial charge in [-0.2, -0.15) is 4.39 Å². The Bertz CT molecular complexity index is 496. The molecule has 21 heavy (non-hydrogen) atoms. The van der Waals surface area contributed by atoms with E-state index in [9.17, 15) is 14.5 Å². The highest BCUT2D eigenvalue weighted by molar-refractivity contribution is 5.61. The minimum Gasteiger partial charge on any atom is -0.379 e. The van der Waals surface area contributed by atoms with Gasteiger partial charge in [0.2, 0.25) is 5.82 Å². The van der Waals surface area contributed by atoms with E-state index in [1.807, 2.05) is 0 Å². The molecule has 1 saturated heterocycles. The molecule has 1 atom stereocenters. The predicted octanol–water partition coefficient (Wildman–Crippen LogP) is 3.41. The van der Waals surface area contributed by atoms with E-state index < -0.39 is 16.4 Å². The van der Waals surface area contributed by atoms with Crippen molar-refractivity contribution in [3.8, 4) is 0 Å². The molecule has 0 amide bonds. The molecule has 0 bridgehead atoms. The Hall–Kier alpha value is -1.69. The van der Waals surface area contributed by atoms with Gasteiger partial charge in [0.15, 0.2) is 0 Å². The third kappa shape index (κ3) is 4.14. The van der Waals surface area contributed by atoms with Gasteiger partial charge in [-0.25, -0.2) is 0 Å². The predicted molar refractivity (Wildman–Crippen MR) is 81.0 cm³/mol. The van der Waals surface area contributed by atoms with Crippen molar-refractivity contribution in [3.63, 3.8) is 0 Å². The van der Waals surface area contributed by atoms with Gasteiger partial charge >= 0.3 is 5.69 Å². The lowest BCUT2D eigenvalue weighted by molar-refractivity contribution is -0.386. The van der Waals surface area contributed by atoms with Crippen molar-refractivity contribution in [2.24, 2.45) is 0 Å². The summed E-state index contributed by atoms with van der Waals surface area (Å²) in [6.07, 6.45) is 4.67. The molecule has 2 rings (SSSR count). The quantitative estimate of drug-likeness (QED) is 0.496. The van der Waals surface area contributed by atoms with Crippen molar-refractivity contribution in [1.29, 1.82) is 0 Å². The number of nitrogens with zero attached hydrogens (tertiary/aromatic N) is 2. The number of rotatable bonds is 6. The highest BCUT2D eigenvalue weighted by atomic mass is 19.1. The van der Waals surface area contributed by atoms with Crippen LogP contribution in [0.25, 0.3) is 0 Å². The van der Waals surface area contributed by atoms with Gasteiger partial charge in [0.05, 0.1) is 4.92 Å². The first-order valence-corrected chi connectivity index (χ1v) is 7.50. The lowest BCUT2D eigenvalue weighted by Crippen LogP contribution is -2.38. The Balaban J connectivity index is 1.84. The van der Waals surface area contributed by atoms with Crippen molar-refractivity contribution >= 4 is 11.4 Å². The molecule has 0 saturated carbocycles. The van der Waals surface area contributed by atoms with E-state index in [2.05, 4.69) is 17.1 Å². The SMILES string of the molecule is CC1CCCCN1CCCNc1cccc(F)c1[N+](=O)[O-]. The van der Waals surface area contributed by atoms with Gasteiger partial charge in [0.25, 0.3) is 0 Å². The second-order valence-electron chi connectivity index (χ2n) is 5.55. The summed E-state index contributed by atoms with van der Waals surface area (Å²) in [5, 5.41) is 13.9. The van der Waals surface area contributed by atoms with E-state index in [-0.39, 0.29) is 5.69 Å². The summed E-state index contributed by atoms with van der Waals surface area (Å²) in [5.74, 6) is -0.797. The van der Waals surface area contributed by atoms with Crippen molar-refractivity contribution in [1.82, 2.24) is 4.90 Å². The summed E-state index contributed by atoms with van der Waals surface area (Å²) in [6, 6.07) is 4.75. The zero-order valence-corrected chi connectivity index (χ0v) is 12.3. The number of nitrogens with one attached hydrogen (secondary N) is 1. The summed E-state index contributed by atoms with van der Waals surface area (Å²) in [4.78, 5) is 12.7. The maximum absolute atomic E-state index is 13.5. The normalized spacial score (nSPS) is 19.4. The molecule has 0 aliphatic carbocycles. The summed E-state index contributed by atoms with van der Waals surface area (Å²) in [7, 11) is 0. The van der Waals surface area contributed by atoms with E-state index >= 15 is 0 Å². The molecular formula is C15H22FN3O2. The van der Waals surface area contributed by atoms with Gasteiger partial charge in [-0.1, -0.05) is 12.5 Å². The minimum absolute atomic E-state index is 0.256. The number of nitro benzene ring substituents is 1. The fraction of sp³-hybridized carbons (Fsp3) is 0.600. The number of hydrogen-bond acceptors (Lipinski definition) is 4. The average Bonchev–Trinajstić information content (AvgIpc) is 2.45. The van der Waals surface area contributed by atoms with Crippen LogP contribution >= 0.6 is 0 Å². The molecule has 1 fully saturated rings. The molecule has 0 spiro atoms. The van der Waals surface area contributed by atoms with Crippen LogP contribution in [0.4, 0.5) is 15.8 Å². The number of anilines is 1. The molecule has 1 unspecified atom stereocenters. The molecule has 0 radical (unpaired) electrons. The molecule has 1 aromatic rings. The first-order valence-electron chi connectivity index (χ1n) is 7.50. The van der Waals surface area contributed by atoms with Crippen molar-refractivity contribution in [2.75, 3.05) is 25.0 Å². The standard InChI is InChI=1S/C15H22FN3O2/c1-12-6-2-3-10-18(12)11-5-9-17-14-8-4-7-13(16)15(14)19(20)21/h4,7-8,12,17H,2-3,5-6,9-11H2,1H3. The highest BCUT2D eigenvalue weighted by Crippen LogP contribution is 2.27. The summed E-state index contributed by atoms with van der Waals surface area (Å²) >= 11 is 0. The fourth-order valence-corrected chi connectivity index (χ4v) is 2.84. The van der Waals surface area contributed by atoms with Crippen LogP contribution in [0, 0.1) is 15.9 Å². The van der Waals surface area contributed by atoms with E-state index in [4.69, 9.17) is 0 Å². The average molecular weight is 295 g/mol. The van der Waals surface area contributed by atoms with E-state index in [0.29, 0.717) is 12.6 Å². The Kier molecular flexibility index (Phi) is 5.50. The smallest absolute Gasteiger partial charge is 0.327 e. The Morgan fingerprint density at radius 3 is 3.00 bits per heavy atom. The zero-order valence-electron chi connectivity index (χ0n) is 12.3. The van der Waals surface area contributed by atoms with Crippen LogP contribution in [0.1, 0.15) is 32.6 Å². The lowest BCUT2D eigenvalue weighted by atomic mass is 10.0. The van der Waals surface area contributed by atoms with Crippen molar-refractivity contribution in [2.45, 2.75) is 38.6 Å². The third-order valence-electron chi connectivity index (χ3n) is 4.05. The van der Waals surface area contributed by atoms with Crippen LogP contribution in [-0.2, 0) is 0 Å². The van der Waals surface area contributed by atoms with Gasteiger partial charge in [-0.3, -0.25) is 10.1 Å². The second-order valence-corrected chi connectivity index (χ2v) is 5.55. The van der Waals surface area contributed by atoms with Gasteiger partial charge in [-0.15, -0.1) is 0 Å². The van der Waals surface area contributed by atoms with Crippen LogP contribution in [0.15, 0.2) is 18.2 Å². The third-order valence-corrected chi connectivity index (χ3v) is 4.05. The van der Waals surface area contributed by atoms with Crippen molar-refractivity contribution in [3.05, 3.63) is 34.1 Å². The van der Waals surface area contributed by atoms with Crippen molar-refractivity contribution < 1.29 is 9.31 Å². The first kappa shape index (κ1) is 15.7. The van der Waals surface area contributed by atoms with E-state index in [1.165, 1.54) is 25.3 Å². The Labute approximate surface area is 124 Å². The van der Waals surface area contributed by atoms with Crippen LogP contribution in [-0.4, -0.2) is 35.5 Å². The first-order chi connectivity index (χ1) is 10.1. The zero-order chi connectivity index (χ0) is 15.2. The summed E-state index contributed by atoms with van der Waals surface area (Å²) in [6.45, 7) is 4.94. The van der Waals surface area contributed by atoms with Gasteiger partial charge in [0, 0.05) is 19.1 Å². The van der Waals surface area contributed by atoms with Gasteiger partial charge < -0.3 is 10.2 Å². The van der Waals surface area contributed by atoms with Gasteiger partial charge in [-0.05, 0) is 44.9 Å². The Morgan fingerprint density at radius 2 is 2.29 bits per heavy atom. The molecule has 1 aliphatic rings. The van der Waals surface area contributed by atoms with Crippen LogP contribution in [0.3, 0.4) is 0 Å². The molecule has 5 nitrogen and oxygen atoms in total. The number of nitro groups is 1. The number of piperidine rings is 1. The van der Waals surface area contributed by atoms with Gasteiger partial charge in [0.1, 0.15) is 5.69 Å². The highest BCUT2D eigenvalue weighted by Gasteiger charge is 2.20. The van der Waals surface area contributed by atoms with E-state index in [0.717, 1.165) is 25.6 Å². The van der Waals surface area contributed by atoms with Crippen LogP contribution in [0.5, 0.6) is 0 Å². The maximum atomic E-state index is 13.5. The molecule has 0 aromatic heterocycles. The molecule has 1 aliphatic heterocycles. The topological polar surface area (TPSA) is 58.4 Å². The minimum atomic E-state index is -0.797. The molecule has 6 heteroatoms. The van der Waals surface area contributed by atoms with Crippen LogP contribution < -0.4 is 5.32 Å². The lowest BCUT2D eigenvalue weighted by Gasteiger charge is -2.33. The number of benzene rings is 1. The monoisotopic (exact) mass is 295 g/mol. The van der Waals surface area contributed by atoms with Crippen LogP contribution in [0.2, 0.25) is 0 Å². The number of para-hydroxylation sites is 1. The number of hydrogen-bond donors (Lipinski definition) is 1. The molecule has 116 valence electrons. The molecular weight excluding hydrogens is 273 g/mol. The van der Waals surface area contributed by atoms with E-state index in [1.54, 1.807) is 6.07 Å². The molecule has 1 aromatic carbocycles. The summed E-state index contributed by atoms with van der Waals surface area (Å²) < 4.78 is 13.5. The largest absolute Gasteiger partial charge is 0.379 e.